The van der Waals surface area contributed by atoms with Gasteiger partial charge in [0.05, 0.1) is 0 Å². The predicted octanol–water partition coefficient (Wildman–Crippen LogP) is 4.76. The highest BCUT2D eigenvalue weighted by Crippen LogP contribution is 2.48. The molecule has 1 atom stereocenters. The van der Waals surface area contributed by atoms with E-state index in [2.05, 4.69) is 22.6 Å². The molecule has 0 spiro atoms. The van der Waals surface area contributed by atoms with Gasteiger partial charge in [0.15, 0.2) is 0 Å². The van der Waals surface area contributed by atoms with Gasteiger partial charge < -0.3 is 10.2 Å². The lowest BCUT2D eigenvalue weighted by atomic mass is 9.65. The van der Waals surface area contributed by atoms with Crippen LogP contribution in [-0.4, -0.2) is 14.1 Å². The Labute approximate surface area is 139 Å². The molecule has 0 saturated heterocycles. The molecule has 1 aliphatic carbocycles. The normalized spacial score (nSPS) is 21.1. The second-order valence-corrected chi connectivity index (χ2v) is 7.28. The van der Waals surface area contributed by atoms with Crippen molar-refractivity contribution in [3.63, 3.8) is 0 Å². The van der Waals surface area contributed by atoms with E-state index in [1.54, 1.807) is 24.3 Å². The smallest absolute Gasteiger partial charge is 0.115 e. The van der Waals surface area contributed by atoms with Crippen LogP contribution in [0.15, 0.2) is 48.5 Å². The molecule has 0 heterocycles. The zero-order valence-corrected chi connectivity index (χ0v) is 14.0. The average molecular weight is 394 g/mol. The molecule has 3 heteroatoms. The van der Waals surface area contributed by atoms with Gasteiger partial charge in [-0.25, -0.2) is 0 Å². The van der Waals surface area contributed by atoms with Gasteiger partial charge in [-0.15, -0.1) is 0 Å². The van der Waals surface area contributed by atoms with Gasteiger partial charge in [-0.05, 0) is 48.2 Å². The van der Waals surface area contributed by atoms with Crippen LogP contribution in [0.2, 0.25) is 0 Å². The van der Waals surface area contributed by atoms with Crippen LogP contribution in [-0.2, 0) is 5.41 Å². The van der Waals surface area contributed by atoms with Gasteiger partial charge >= 0.3 is 0 Å². The molecule has 2 aromatic carbocycles. The first-order valence-corrected chi connectivity index (χ1v) is 8.60. The molecular formula is C18H19IO2. The fraction of sp³-hybridized carbons (Fsp3) is 0.333. The Morgan fingerprint density at radius 2 is 1.29 bits per heavy atom. The van der Waals surface area contributed by atoms with Gasteiger partial charge in [0, 0.05) is 9.34 Å². The number of benzene rings is 2. The van der Waals surface area contributed by atoms with Gasteiger partial charge in [-0.2, -0.15) is 0 Å². The molecule has 0 aromatic heterocycles. The first-order valence-electron chi connectivity index (χ1n) is 7.36. The molecule has 1 aliphatic rings. The third kappa shape index (κ3) is 2.63. The van der Waals surface area contributed by atoms with E-state index in [0.717, 1.165) is 6.42 Å². The Morgan fingerprint density at radius 1 is 0.810 bits per heavy atom. The van der Waals surface area contributed by atoms with Gasteiger partial charge in [-0.3, -0.25) is 0 Å². The number of halogens is 1. The van der Waals surface area contributed by atoms with Crippen molar-refractivity contribution in [1.29, 1.82) is 0 Å². The molecule has 0 bridgehead atoms. The summed E-state index contributed by atoms with van der Waals surface area (Å²) in [7, 11) is 0. The van der Waals surface area contributed by atoms with E-state index >= 15 is 0 Å². The van der Waals surface area contributed by atoms with Crippen LogP contribution in [0.4, 0.5) is 0 Å². The summed E-state index contributed by atoms with van der Waals surface area (Å²) in [6, 6.07) is 15.3. The summed E-state index contributed by atoms with van der Waals surface area (Å²) in [5.41, 5.74) is 2.48. The van der Waals surface area contributed by atoms with Crippen LogP contribution in [0.25, 0.3) is 0 Å². The van der Waals surface area contributed by atoms with Crippen molar-refractivity contribution < 1.29 is 10.2 Å². The number of aromatic hydroxyl groups is 2. The van der Waals surface area contributed by atoms with Crippen LogP contribution >= 0.6 is 22.6 Å². The maximum absolute atomic E-state index is 9.58. The van der Waals surface area contributed by atoms with E-state index < -0.39 is 0 Å². The second kappa shape index (κ2) is 5.87. The predicted molar refractivity (Wildman–Crippen MR) is 93.3 cm³/mol. The molecule has 0 amide bonds. The molecule has 0 radical (unpaired) electrons. The highest BCUT2D eigenvalue weighted by Gasteiger charge is 2.42. The number of hydrogen-bond acceptors (Lipinski definition) is 2. The van der Waals surface area contributed by atoms with Crippen molar-refractivity contribution in [2.24, 2.45) is 0 Å². The van der Waals surface area contributed by atoms with E-state index in [9.17, 15) is 10.2 Å². The molecule has 2 nitrogen and oxygen atoms in total. The molecule has 1 fully saturated rings. The fourth-order valence-corrected chi connectivity index (χ4v) is 4.94. The summed E-state index contributed by atoms with van der Waals surface area (Å²) in [6.07, 6.45) is 4.78. The lowest BCUT2D eigenvalue weighted by Gasteiger charge is -2.43. The number of rotatable bonds is 2. The SMILES string of the molecule is Oc1ccc(C2(c3ccc(O)cc3)CCCCC2I)cc1. The number of hydrogen-bond donors (Lipinski definition) is 2. The van der Waals surface area contributed by atoms with Crippen molar-refractivity contribution in [3.8, 4) is 11.5 Å². The molecule has 1 unspecified atom stereocenters. The highest BCUT2D eigenvalue weighted by molar-refractivity contribution is 14.1. The zero-order chi connectivity index (χ0) is 14.9. The molecular weight excluding hydrogens is 375 g/mol. The maximum atomic E-state index is 9.58. The van der Waals surface area contributed by atoms with E-state index in [4.69, 9.17) is 0 Å². The first kappa shape index (κ1) is 14.7. The minimum atomic E-state index is -0.0276. The van der Waals surface area contributed by atoms with Gasteiger partial charge in [0.2, 0.25) is 0 Å². The molecule has 1 saturated carbocycles. The lowest BCUT2D eigenvalue weighted by molar-refractivity contribution is 0.368. The Morgan fingerprint density at radius 3 is 1.71 bits per heavy atom. The summed E-state index contributed by atoms with van der Waals surface area (Å²) in [5.74, 6) is 0.612. The second-order valence-electron chi connectivity index (χ2n) is 5.78. The van der Waals surface area contributed by atoms with Gasteiger partial charge in [-0.1, -0.05) is 59.7 Å². The van der Waals surface area contributed by atoms with Gasteiger partial charge in [0.1, 0.15) is 11.5 Å². The van der Waals surface area contributed by atoms with E-state index in [0.29, 0.717) is 15.4 Å². The molecule has 110 valence electrons. The third-order valence-electron chi connectivity index (χ3n) is 4.58. The van der Waals surface area contributed by atoms with E-state index in [1.807, 2.05) is 24.3 Å². The number of phenolic OH excluding ortho intramolecular Hbond substituents is 2. The van der Waals surface area contributed by atoms with Gasteiger partial charge in [0.25, 0.3) is 0 Å². The molecule has 0 aliphatic heterocycles. The average Bonchev–Trinajstić information content (AvgIpc) is 2.50. The Balaban J connectivity index is 2.14. The first-order chi connectivity index (χ1) is 10.1. The van der Waals surface area contributed by atoms with Crippen molar-refractivity contribution in [2.75, 3.05) is 0 Å². The van der Waals surface area contributed by atoms with Crippen molar-refractivity contribution >= 4 is 22.6 Å². The minimum absolute atomic E-state index is 0.0276. The van der Waals surface area contributed by atoms with Crippen LogP contribution < -0.4 is 0 Å². The number of phenols is 2. The molecule has 2 N–H and O–H groups in total. The van der Waals surface area contributed by atoms with E-state index in [-0.39, 0.29) is 5.41 Å². The Bertz CT molecular complexity index is 559. The molecule has 21 heavy (non-hydrogen) atoms. The Kier molecular flexibility index (Phi) is 4.11. The fourth-order valence-electron chi connectivity index (χ4n) is 3.47. The van der Waals surface area contributed by atoms with Crippen molar-refractivity contribution in [3.05, 3.63) is 59.7 Å². The summed E-state index contributed by atoms with van der Waals surface area (Å²) in [6.45, 7) is 0. The molecule has 3 rings (SSSR count). The zero-order valence-electron chi connectivity index (χ0n) is 11.8. The van der Waals surface area contributed by atoms with Crippen LogP contribution in [0.3, 0.4) is 0 Å². The summed E-state index contributed by atoms with van der Waals surface area (Å²) in [4.78, 5) is 0. The standard InChI is InChI=1S/C18H19IO2/c19-17-3-1-2-12-18(17,13-4-8-15(20)9-5-13)14-6-10-16(21)11-7-14/h4-11,17,20-21H,1-3,12H2. The highest BCUT2D eigenvalue weighted by atomic mass is 127. The lowest BCUT2D eigenvalue weighted by Crippen LogP contribution is -2.39. The quantitative estimate of drug-likeness (QED) is 0.570. The van der Waals surface area contributed by atoms with Crippen molar-refractivity contribution in [2.45, 2.75) is 35.0 Å². The van der Waals surface area contributed by atoms with E-state index in [1.165, 1.54) is 30.4 Å². The number of alkyl halides is 1. The largest absolute Gasteiger partial charge is 0.508 e. The maximum Gasteiger partial charge on any atom is 0.115 e. The Hall–Kier alpha value is -1.23. The van der Waals surface area contributed by atoms with Crippen LogP contribution in [0.1, 0.15) is 36.8 Å². The topological polar surface area (TPSA) is 40.5 Å². The summed E-state index contributed by atoms with van der Waals surface area (Å²) >= 11 is 2.57. The molecule has 2 aromatic rings. The van der Waals surface area contributed by atoms with Crippen LogP contribution in [0, 0.1) is 0 Å². The third-order valence-corrected chi connectivity index (χ3v) is 6.26. The van der Waals surface area contributed by atoms with Crippen molar-refractivity contribution in [1.82, 2.24) is 0 Å². The summed E-state index contributed by atoms with van der Waals surface area (Å²) < 4.78 is 0.512. The van der Waals surface area contributed by atoms with Crippen LogP contribution in [0.5, 0.6) is 11.5 Å². The summed E-state index contributed by atoms with van der Waals surface area (Å²) in [5, 5.41) is 19.2. The monoisotopic (exact) mass is 394 g/mol. The minimum Gasteiger partial charge on any atom is -0.508 e.